The Bertz CT molecular complexity index is 626. The van der Waals surface area contributed by atoms with E-state index in [1.165, 1.54) is 0 Å². The number of imidazole rings is 1. The Hall–Kier alpha value is -2.50. The third-order valence-corrected chi connectivity index (χ3v) is 3.62. The van der Waals surface area contributed by atoms with Crippen LogP contribution in [-0.2, 0) is 6.54 Å². The number of unbranched alkanes of at least 4 members (excludes halogenated alkanes) is 1. The smallest absolute Gasteiger partial charge is 0.251 e. The van der Waals surface area contributed by atoms with E-state index < -0.39 is 0 Å². The van der Waals surface area contributed by atoms with E-state index in [1.54, 1.807) is 37.8 Å². The number of nitrogens with one attached hydrogen (secondary N) is 1. The number of rotatable bonds is 10. The number of hydrogen-bond donors (Lipinski definition) is 1. The maximum absolute atomic E-state index is 12.2. The Balaban J connectivity index is 1.84. The normalized spacial score (nSPS) is 10.4. The van der Waals surface area contributed by atoms with Gasteiger partial charge in [0.1, 0.15) is 0 Å². The SMILES string of the molecule is CCCCOc1ccc(C(=O)NCCCn2ccnc2)cc1OC. The van der Waals surface area contributed by atoms with E-state index in [0.29, 0.717) is 30.2 Å². The summed E-state index contributed by atoms with van der Waals surface area (Å²) in [4.78, 5) is 16.2. The summed E-state index contributed by atoms with van der Waals surface area (Å²) in [5.41, 5.74) is 0.567. The zero-order valence-corrected chi connectivity index (χ0v) is 14.3. The minimum atomic E-state index is -0.112. The maximum atomic E-state index is 12.2. The molecule has 0 bridgehead atoms. The summed E-state index contributed by atoms with van der Waals surface area (Å²) in [6.07, 6.45) is 8.32. The topological polar surface area (TPSA) is 65.4 Å². The van der Waals surface area contributed by atoms with E-state index in [-0.39, 0.29) is 5.91 Å². The molecule has 0 aliphatic heterocycles. The van der Waals surface area contributed by atoms with Gasteiger partial charge in [0.15, 0.2) is 11.5 Å². The second kappa shape index (κ2) is 9.60. The molecule has 0 aliphatic rings. The maximum Gasteiger partial charge on any atom is 0.251 e. The van der Waals surface area contributed by atoms with Gasteiger partial charge in [-0.1, -0.05) is 13.3 Å². The van der Waals surface area contributed by atoms with Gasteiger partial charge in [-0.05, 0) is 31.0 Å². The monoisotopic (exact) mass is 331 g/mol. The first-order chi connectivity index (χ1) is 11.7. The number of carbonyl (C=O) groups is 1. The summed E-state index contributed by atoms with van der Waals surface area (Å²) in [5.74, 6) is 1.14. The zero-order chi connectivity index (χ0) is 17.2. The molecule has 1 amide bonds. The Kier molecular flexibility index (Phi) is 7.14. The highest BCUT2D eigenvalue weighted by Crippen LogP contribution is 2.28. The predicted octanol–water partition coefficient (Wildman–Crippen LogP) is 2.89. The van der Waals surface area contributed by atoms with Crippen LogP contribution in [-0.4, -0.2) is 35.7 Å². The first-order valence-corrected chi connectivity index (χ1v) is 8.29. The molecule has 0 fully saturated rings. The molecule has 6 nitrogen and oxygen atoms in total. The number of aromatic nitrogens is 2. The number of nitrogens with zero attached hydrogens (tertiary/aromatic N) is 2. The number of methoxy groups -OCH3 is 1. The van der Waals surface area contributed by atoms with Gasteiger partial charge in [-0.15, -0.1) is 0 Å². The molecule has 0 aliphatic carbocycles. The van der Waals surface area contributed by atoms with E-state index in [1.807, 2.05) is 10.8 Å². The molecule has 0 radical (unpaired) electrons. The molecule has 0 atom stereocenters. The lowest BCUT2D eigenvalue weighted by Crippen LogP contribution is -2.25. The molecule has 1 aromatic heterocycles. The molecule has 130 valence electrons. The molecule has 0 unspecified atom stereocenters. The second-order valence-electron chi connectivity index (χ2n) is 5.48. The molecule has 24 heavy (non-hydrogen) atoms. The molecule has 6 heteroatoms. The molecule has 0 saturated heterocycles. The molecule has 1 heterocycles. The van der Waals surface area contributed by atoms with Crippen LogP contribution in [0.15, 0.2) is 36.9 Å². The van der Waals surface area contributed by atoms with Crippen molar-refractivity contribution in [3.05, 3.63) is 42.5 Å². The van der Waals surface area contributed by atoms with Crippen molar-refractivity contribution >= 4 is 5.91 Å². The lowest BCUT2D eigenvalue weighted by Gasteiger charge is -2.12. The lowest BCUT2D eigenvalue weighted by molar-refractivity contribution is 0.0952. The summed E-state index contributed by atoms with van der Waals surface area (Å²) in [7, 11) is 1.58. The van der Waals surface area contributed by atoms with Crippen LogP contribution in [0.3, 0.4) is 0 Å². The first kappa shape index (κ1) is 17.8. The third-order valence-electron chi connectivity index (χ3n) is 3.62. The summed E-state index contributed by atoms with van der Waals surface area (Å²) < 4.78 is 13.0. The van der Waals surface area contributed by atoms with E-state index in [4.69, 9.17) is 9.47 Å². The Labute approximate surface area is 142 Å². The summed E-state index contributed by atoms with van der Waals surface area (Å²) >= 11 is 0. The molecule has 2 aromatic rings. The number of aryl methyl sites for hydroxylation is 1. The lowest BCUT2D eigenvalue weighted by atomic mass is 10.2. The van der Waals surface area contributed by atoms with E-state index in [2.05, 4.69) is 17.2 Å². The van der Waals surface area contributed by atoms with Gasteiger partial charge >= 0.3 is 0 Å². The first-order valence-electron chi connectivity index (χ1n) is 8.29. The highest BCUT2D eigenvalue weighted by atomic mass is 16.5. The number of hydrogen-bond acceptors (Lipinski definition) is 4. The fourth-order valence-electron chi connectivity index (χ4n) is 2.24. The predicted molar refractivity (Wildman–Crippen MR) is 92.6 cm³/mol. The van der Waals surface area contributed by atoms with Crippen molar-refractivity contribution in [2.75, 3.05) is 20.3 Å². The van der Waals surface area contributed by atoms with Gasteiger partial charge in [-0.3, -0.25) is 4.79 Å². The number of ether oxygens (including phenoxy) is 2. The van der Waals surface area contributed by atoms with Crippen molar-refractivity contribution in [1.29, 1.82) is 0 Å². The Morgan fingerprint density at radius 1 is 1.29 bits per heavy atom. The van der Waals surface area contributed by atoms with Crippen LogP contribution in [0.1, 0.15) is 36.5 Å². The standard InChI is InChI=1S/C18H25N3O3/c1-3-4-12-24-16-7-6-15(13-17(16)23-2)18(22)20-8-5-10-21-11-9-19-14-21/h6-7,9,11,13-14H,3-5,8,10,12H2,1-2H3,(H,20,22). The highest BCUT2D eigenvalue weighted by Gasteiger charge is 2.10. The van der Waals surface area contributed by atoms with Crippen LogP contribution < -0.4 is 14.8 Å². The van der Waals surface area contributed by atoms with E-state index in [9.17, 15) is 4.79 Å². The minimum absolute atomic E-state index is 0.112. The van der Waals surface area contributed by atoms with E-state index in [0.717, 1.165) is 25.8 Å². The van der Waals surface area contributed by atoms with Gasteiger partial charge in [-0.25, -0.2) is 4.98 Å². The van der Waals surface area contributed by atoms with Crippen molar-refractivity contribution in [1.82, 2.24) is 14.9 Å². The Morgan fingerprint density at radius 2 is 2.17 bits per heavy atom. The number of carbonyl (C=O) groups excluding carboxylic acids is 1. The van der Waals surface area contributed by atoms with Gasteiger partial charge in [0, 0.05) is 31.0 Å². The van der Waals surface area contributed by atoms with Gasteiger partial charge in [0.05, 0.1) is 20.0 Å². The molecule has 1 aromatic carbocycles. The largest absolute Gasteiger partial charge is 0.493 e. The van der Waals surface area contributed by atoms with Crippen molar-refractivity contribution in [2.24, 2.45) is 0 Å². The Morgan fingerprint density at radius 3 is 2.88 bits per heavy atom. The van der Waals surface area contributed by atoms with Gasteiger partial charge in [0.25, 0.3) is 5.91 Å². The molecule has 0 spiro atoms. The van der Waals surface area contributed by atoms with Crippen LogP contribution >= 0.6 is 0 Å². The van der Waals surface area contributed by atoms with Gasteiger partial charge in [0.2, 0.25) is 0 Å². The van der Waals surface area contributed by atoms with Crippen LogP contribution in [0.5, 0.6) is 11.5 Å². The van der Waals surface area contributed by atoms with Gasteiger partial charge < -0.3 is 19.4 Å². The summed E-state index contributed by atoms with van der Waals surface area (Å²) in [6.45, 7) is 4.19. The number of benzene rings is 1. The molecule has 1 N–H and O–H groups in total. The fraction of sp³-hybridized carbons (Fsp3) is 0.444. The van der Waals surface area contributed by atoms with Crippen LogP contribution in [0.2, 0.25) is 0 Å². The van der Waals surface area contributed by atoms with Crippen LogP contribution in [0.4, 0.5) is 0 Å². The van der Waals surface area contributed by atoms with Crippen LogP contribution in [0, 0.1) is 0 Å². The third kappa shape index (κ3) is 5.30. The van der Waals surface area contributed by atoms with E-state index >= 15 is 0 Å². The fourth-order valence-corrected chi connectivity index (χ4v) is 2.24. The minimum Gasteiger partial charge on any atom is -0.493 e. The van der Waals surface area contributed by atoms with Crippen molar-refractivity contribution in [3.8, 4) is 11.5 Å². The summed E-state index contributed by atoms with van der Waals surface area (Å²) in [6, 6.07) is 5.26. The van der Waals surface area contributed by atoms with Crippen molar-refractivity contribution in [2.45, 2.75) is 32.7 Å². The molecular formula is C18H25N3O3. The average molecular weight is 331 g/mol. The summed E-state index contributed by atoms with van der Waals surface area (Å²) in [5, 5.41) is 2.92. The quantitative estimate of drug-likeness (QED) is 0.680. The van der Waals surface area contributed by atoms with Crippen LogP contribution in [0.25, 0.3) is 0 Å². The zero-order valence-electron chi connectivity index (χ0n) is 14.3. The molecule has 0 saturated carbocycles. The van der Waals surface area contributed by atoms with Crippen molar-refractivity contribution < 1.29 is 14.3 Å². The molecule has 2 rings (SSSR count). The average Bonchev–Trinajstić information content (AvgIpc) is 3.12. The number of amides is 1. The van der Waals surface area contributed by atoms with Crippen molar-refractivity contribution in [3.63, 3.8) is 0 Å². The second-order valence-corrected chi connectivity index (χ2v) is 5.48. The highest BCUT2D eigenvalue weighted by molar-refractivity contribution is 5.94. The van der Waals surface area contributed by atoms with Gasteiger partial charge in [-0.2, -0.15) is 0 Å². The molecular weight excluding hydrogens is 306 g/mol.